The van der Waals surface area contributed by atoms with Gasteiger partial charge in [-0.05, 0) is 0 Å². The van der Waals surface area contributed by atoms with Crippen molar-refractivity contribution in [1.82, 2.24) is 14.5 Å². The predicted molar refractivity (Wildman–Crippen MR) is 72.5 cm³/mol. The molecular formula is C12H15N6O5+. The van der Waals surface area contributed by atoms with Crippen LogP contribution >= 0.6 is 0 Å². The summed E-state index contributed by atoms with van der Waals surface area (Å²) < 4.78 is 8.09. The second-order valence-electron chi connectivity index (χ2n) is 4.89. The second kappa shape index (κ2) is 5.94. The van der Waals surface area contributed by atoms with E-state index in [9.17, 15) is 10.2 Å². The minimum absolute atomic E-state index is 0.255. The summed E-state index contributed by atoms with van der Waals surface area (Å²) in [6.45, 7) is -0.431. The molecule has 1 aliphatic heterocycles. The van der Waals surface area contributed by atoms with Gasteiger partial charge in [0.2, 0.25) is 11.2 Å². The number of nitrogens with one attached hydrogen (secondary N) is 1. The van der Waals surface area contributed by atoms with Gasteiger partial charge in [-0.3, -0.25) is 4.57 Å². The fraction of sp³-hybridized carbons (Fsp3) is 0.500. The van der Waals surface area contributed by atoms with Gasteiger partial charge in [-0.1, -0.05) is 9.71 Å². The molecule has 4 N–H and O–H groups in total. The van der Waals surface area contributed by atoms with Crippen LogP contribution in [-0.2, 0) is 4.74 Å². The zero-order valence-electron chi connectivity index (χ0n) is 12.1. The lowest BCUT2D eigenvalue weighted by Gasteiger charge is -2.15. The molecule has 2 aromatic rings. The number of aliphatic hydroxyl groups excluding tert-OH is 3. The quantitative estimate of drug-likeness (QED) is 0.154. The number of aliphatic hydroxyl groups is 3. The largest absolute Gasteiger partial charge is 0.394 e. The normalized spacial score (nSPS) is 27.1. The number of ether oxygens (including phenoxy) is 1. The Morgan fingerprint density at radius 1 is 1.48 bits per heavy atom. The predicted octanol–water partition coefficient (Wildman–Crippen LogP) is -2.72. The number of aromatic nitrogens is 4. The molecule has 0 amide bonds. The molecule has 1 aliphatic rings. The minimum atomic E-state index is -1.26. The number of anilines is 1. The van der Waals surface area contributed by atoms with E-state index in [4.69, 9.17) is 19.9 Å². The monoisotopic (exact) mass is 326 g/mol. The number of nitrogens with zero attached hydrogens (tertiary/aromatic N) is 5. The summed E-state index contributed by atoms with van der Waals surface area (Å²) >= 11 is 0. The molecule has 0 aromatic carbocycles. The summed E-state index contributed by atoms with van der Waals surface area (Å²) in [6.07, 6.45) is 0.106. The summed E-state index contributed by atoms with van der Waals surface area (Å²) in [6, 6.07) is 0. The van der Waals surface area contributed by atoms with E-state index in [0.29, 0.717) is 11.2 Å². The number of nitriles is 1. The number of imidazole rings is 1. The second-order valence-corrected chi connectivity index (χ2v) is 4.89. The molecule has 0 spiro atoms. The highest BCUT2D eigenvalue weighted by atomic mass is 16.6. The topological polar surface area (TPSA) is 150 Å². The van der Waals surface area contributed by atoms with Crippen LogP contribution in [0.3, 0.4) is 0 Å². The van der Waals surface area contributed by atoms with E-state index >= 15 is 0 Å². The molecule has 2 aromatic heterocycles. The Morgan fingerprint density at radius 2 is 2.26 bits per heavy atom. The van der Waals surface area contributed by atoms with Crippen molar-refractivity contribution >= 4 is 17.0 Å². The summed E-state index contributed by atoms with van der Waals surface area (Å²) in [5.74, 6) is 0.255. The Morgan fingerprint density at radius 3 is 2.87 bits per heavy atom. The molecular weight excluding hydrogens is 311 g/mol. The van der Waals surface area contributed by atoms with Crippen molar-refractivity contribution in [3.63, 3.8) is 0 Å². The molecule has 3 heterocycles. The Bertz CT molecular complexity index is 758. The van der Waals surface area contributed by atoms with E-state index in [1.54, 1.807) is 6.19 Å². The zero-order chi connectivity index (χ0) is 16.6. The van der Waals surface area contributed by atoms with Crippen LogP contribution in [0.25, 0.3) is 11.2 Å². The molecule has 0 unspecified atom stereocenters. The van der Waals surface area contributed by atoms with Crippen molar-refractivity contribution in [2.45, 2.75) is 24.5 Å². The molecule has 122 valence electrons. The van der Waals surface area contributed by atoms with Crippen LogP contribution < -0.4 is 14.9 Å². The molecule has 11 nitrogen and oxygen atoms in total. The van der Waals surface area contributed by atoms with Gasteiger partial charge in [-0.15, -0.1) is 0 Å². The van der Waals surface area contributed by atoms with Crippen LogP contribution in [0, 0.1) is 11.5 Å². The first kappa shape index (κ1) is 15.4. The maximum atomic E-state index is 10.1. The van der Waals surface area contributed by atoms with Gasteiger partial charge in [0.05, 0.1) is 6.61 Å². The van der Waals surface area contributed by atoms with Gasteiger partial charge >= 0.3 is 5.82 Å². The van der Waals surface area contributed by atoms with Crippen LogP contribution in [0.1, 0.15) is 6.23 Å². The third-order valence-electron chi connectivity index (χ3n) is 3.66. The van der Waals surface area contributed by atoms with E-state index in [2.05, 4.69) is 15.3 Å². The highest BCUT2D eigenvalue weighted by Crippen LogP contribution is 2.31. The van der Waals surface area contributed by atoms with Crippen molar-refractivity contribution in [3.05, 3.63) is 12.7 Å². The summed E-state index contributed by atoms with van der Waals surface area (Å²) in [7, 11) is 1.40. The van der Waals surface area contributed by atoms with Crippen molar-refractivity contribution in [2.75, 3.05) is 19.0 Å². The van der Waals surface area contributed by atoms with Crippen LogP contribution in [0.5, 0.6) is 0 Å². The number of hydrogen-bond acceptors (Lipinski definition) is 9. The molecule has 23 heavy (non-hydrogen) atoms. The molecule has 0 bridgehead atoms. The van der Waals surface area contributed by atoms with E-state index in [1.165, 1.54) is 29.1 Å². The van der Waals surface area contributed by atoms with Crippen LogP contribution in [0.2, 0.25) is 0 Å². The Balaban J connectivity index is 2.07. The summed E-state index contributed by atoms with van der Waals surface area (Å²) in [4.78, 5) is 13.4. The molecule has 0 saturated carbocycles. The van der Waals surface area contributed by atoms with Crippen molar-refractivity contribution in [1.29, 1.82) is 5.26 Å². The molecule has 1 saturated heterocycles. The Labute approximate surface area is 129 Å². The molecule has 1 fully saturated rings. The van der Waals surface area contributed by atoms with Gasteiger partial charge in [0.15, 0.2) is 6.23 Å². The first-order valence-corrected chi connectivity index (χ1v) is 6.71. The van der Waals surface area contributed by atoms with Crippen molar-refractivity contribution in [3.8, 4) is 6.19 Å². The van der Waals surface area contributed by atoms with E-state index in [-0.39, 0.29) is 5.82 Å². The molecule has 0 aliphatic carbocycles. The lowest BCUT2D eigenvalue weighted by atomic mass is 10.1. The molecule has 0 radical (unpaired) electrons. The highest BCUT2D eigenvalue weighted by molar-refractivity contribution is 5.81. The standard InChI is InChI=1S/C12H14N6O5/c1-22-18-5-16-10-7(11(18)14-3-13)15-4-17(10)12-9(21)8(20)6(2-19)23-12/h4-6,8-9,12,19-21H,2H2,1H3/p+1/t6-,8-,9-,12-/m1/s1/i3+1,13+1,14+1. The van der Waals surface area contributed by atoms with Gasteiger partial charge in [0.25, 0.3) is 12.5 Å². The van der Waals surface area contributed by atoms with Crippen LogP contribution in [0.15, 0.2) is 12.7 Å². The lowest BCUT2D eigenvalue weighted by Crippen LogP contribution is -2.43. The lowest BCUT2D eigenvalue weighted by molar-refractivity contribution is -0.875. The fourth-order valence-corrected chi connectivity index (χ4v) is 2.52. The van der Waals surface area contributed by atoms with E-state index < -0.39 is 31.1 Å². The highest BCUT2D eigenvalue weighted by Gasteiger charge is 2.44. The van der Waals surface area contributed by atoms with Gasteiger partial charge in [0, 0.05) is 0 Å². The summed E-state index contributed by atoms with van der Waals surface area (Å²) in [5.41, 5.74) is 0.625. The maximum Gasteiger partial charge on any atom is 0.305 e. The van der Waals surface area contributed by atoms with Gasteiger partial charge < -0.3 is 24.9 Å². The number of rotatable bonds is 4. The smallest absolute Gasteiger partial charge is 0.305 e. The van der Waals surface area contributed by atoms with Gasteiger partial charge in [-0.2, -0.15) is 5.26 Å². The molecule has 11 heteroatoms. The SMILES string of the molecule is CO[n+]1cnc2c(ncn2[C@@H]2O[C@H](CO)[C@@H](O)[C@H]2O)c1[15NH][13C]#[15N]. The van der Waals surface area contributed by atoms with Crippen molar-refractivity contribution < 1.29 is 29.6 Å². The first-order chi connectivity index (χ1) is 11.1. The third kappa shape index (κ3) is 2.34. The number of fused-ring (bicyclic) bond motifs is 1. The third-order valence-corrected chi connectivity index (χ3v) is 3.66. The zero-order valence-corrected chi connectivity index (χ0v) is 12.1. The van der Waals surface area contributed by atoms with E-state index in [1.807, 2.05) is 0 Å². The fourth-order valence-electron chi connectivity index (χ4n) is 2.52. The number of hydrogen-bond donors (Lipinski definition) is 4. The Kier molecular flexibility index (Phi) is 3.97. The molecule has 3 rings (SSSR count). The summed E-state index contributed by atoms with van der Waals surface area (Å²) in [5, 5.41) is 40.4. The van der Waals surface area contributed by atoms with E-state index in [0.717, 1.165) is 0 Å². The van der Waals surface area contributed by atoms with Crippen molar-refractivity contribution in [2.24, 2.45) is 0 Å². The van der Waals surface area contributed by atoms with Gasteiger partial charge in [-0.25, -0.2) is 10.3 Å². The maximum absolute atomic E-state index is 10.1. The van der Waals surface area contributed by atoms with Crippen LogP contribution in [-0.4, -0.2) is 61.9 Å². The van der Waals surface area contributed by atoms with Gasteiger partial charge in [0.1, 0.15) is 31.7 Å². The molecule has 4 atom stereocenters. The first-order valence-electron chi connectivity index (χ1n) is 6.71. The Hall–Kier alpha value is -2.52. The average Bonchev–Trinajstić information content (AvgIpc) is 3.10. The van der Waals surface area contributed by atoms with Crippen LogP contribution in [0.4, 0.5) is 5.82 Å². The average molecular weight is 326 g/mol. The minimum Gasteiger partial charge on any atom is -0.394 e.